The van der Waals surface area contributed by atoms with E-state index >= 15 is 0 Å². The standard InChI is InChI=1S/C22H24N4O3/c1-14-6-4-10-26-13-16(24-20(14)26)12-23-21(27)17-7-3-8-18(15(17)2)25-22(28)19-9-5-11-29-19/h3-4,6-8,10,13,19H,5,9,11-12H2,1-2H3,(H,23,27)(H,25,28)/t19-/m0/s1. The second kappa shape index (κ2) is 8.05. The molecule has 2 aromatic heterocycles. The van der Waals surface area contributed by atoms with Crippen LogP contribution in [-0.4, -0.2) is 33.9 Å². The fourth-order valence-corrected chi connectivity index (χ4v) is 3.57. The molecule has 7 nitrogen and oxygen atoms in total. The highest BCUT2D eigenvalue weighted by Gasteiger charge is 2.24. The Morgan fingerprint density at radius 3 is 2.86 bits per heavy atom. The highest BCUT2D eigenvalue weighted by atomic mass is 16.5. The van der Waals surface area contributed by atoms with Crippen molar-refractivity contribution in [2.75, 3.05) is 11.9 Å². The third kappa shape index (κ3) is 4.00. The Morgan fingerprint density at radius 2 is 2.10 bits per heavy atom. The van der Waals surface area contributed by atoms with Gasteiger partial charge in [0.15, 0.2) is 0 Å². The van der Waals surface area contributed by atoms with Gasteiger partial charge in [0.1, 0.15) is 11.8 Å². The Labute approximate surface area is 169 Å². The van der Waals surface area contributed by atoms with Gasteiger partial charge in [-0.3, -0.25) is 9.59 Å². The van der Waals surface area contributed by atoms with Gasteiger partial charge in [-0.25, -0.2) is 4.98 Å². The number of nitrogens with zero attached hydrogens (tertiary/aromatic N) is 2. The fraction of sp³-hybridized carbons (Fsp3) is 0.318. The van der Waals surface area contributed by atoms with E-state index in [-0.39, 0.29) is 11.8 Å². The smallest absolute Gasteiger partial charge is 0.253 e. The maximum absolute atomic E-state index is 12.7. The molecule has 0 aliphatic carbocycles. The lowest BCUT2D eigenvalue weighted by molar-refractivity contribution is -0.124. The molecule has 0 bridgehead atoms. The lowest BCUT2D eigenvalue weighted by Crippen LogP contribution is -2.28. The van der Waals surface area contributed by atoms with Crippen LogP contribution in [0.2, 0.25) is 0 Å². The summed E-state index contributed by atoms with van der Waals surface area (Å²) in [5.41, 5.74) is 4.62. The van der Waals surface area contributed by atoms with Crippen LogP contribution in [0.3, 0.4) is 0 Å². The number of ether oxygens (including phenoxy) is 1. The van der Waals surface area contributed by atoms with E-state index < -0.39 is 6.10 Å². The summed E-state index contributed by atoms with van der Waals surface area (Å²) in [5.74, 6) is -0.368. The van der Waals surface area contributed by atoms with Gasteiger partial charge in [0.25, 0.3) is 11.8 Å². The van der Waals surface area contributed by atoms with Gasteiger partial charge in [-0.05, 0) is 56.0 Å². The summed E-state index contributed by atoms with van der Waals surface area (Å²) in [6, 6.07) is 9.28. The van der Waals surface area contributed by atoms with Crippen molar-refractivity contribution in [3.8, 4) is 0 Å². The minimum absolute atomic E-state index is 0.164. The molecule has 1 fully saturated rings. The van der Waals surface area contributed by atoms with Crippen LogP contribution in [0.5, 0.6) is 0 Å². The fourth-order valence-electron chi connectivity index (χ4n) is 3.57. The summed E-state index contributed by atoms with van der Waals surface area (Å²) in [6.45, 7) is 4.77. The van der Waals surface area contributed by atoms with Gasteiger partial charge in [-0.2, -0.15) is 0 Å². The number of carbonyl (C=O) groups excluding carboxylic acids is 2. The maximum atomic E-state index is 12.7. The quantitative estimate of drug-likeness (QED) is 0.699. The molecule has 3 aromatic rings. The number of amides is 2. The Bertz CT molecular complexity index is 1070. The van der Waals surface area contributed by atoms with Crippen LogP contribution in [0.4, 0.5) is 5.69 Å². The highest BCUT2D eigenvalue weighted by Crippen LogP contribution is 2.21. The van der Waals surface area contributed by atoms with Crippen molar-refractivity contribution in [1.29, 1.82) is 0 Å². The van der Waals surface area contributed by atoms with E-state index in [2.05, 4.69) is 15.6 Å². The van der Waals surface area contributed by atoms with Crippen molar-refractivity contribution in [3.63, 3.8) is 0 Å². The first kappa shape index (κ1) is 19.1. The monoisotopic (exact) mass is 392 g/mol. The van der Waals surface area contributed by atoms with Crippen LogP contribution in [0, 0.1) is 13.8 Å². The van der Waals surface area contributed by atoms with E-state index in [9.17, 15) is 9.59 Å². The minimum atomic E-state index is -0.412. The van der Waals surface area contributed by atoms with Crippen molar-refractivity contribution >= 4 is 23.1 Å². The number of hydrogen-bond donors (Lipinski definition) is 2. The Balaban J connectivity index is 1.45. The summed E-state index contributed by atoms with van der Waals surface area (Å²) < 4.78 is 7.37. The van der Waals surface area contributed by atoms with Crippen LogP contribution < -0.4 is 10.6 Å². The van der Waals surface area contributed by atoms with Crippen molar-refractivity contribution in [3.05, 3.63) is 65.1 Å². The zero-order valence-corrected chi connectivity index (χ0v) is 16.6. The molecule has 1 aromatic carbocycles. The number of rotatable bonds is 5. The first-order valence-corrected chi connectivity index (χ1v) is 9.76. The number of pyridine rings is 1. The number of hydrogen-bond acceptors (Lipinski definition) is 4. The Hall–Kier alpha value is -3.19. The summed E-state index contributed by atoms with van der Waals surface area (Å²) >= 11 is 0. The predicted molar refractivity (Wildman–Crippen MR) is 110 cm³/mol. The lowest BCUT2D eigenvalue weighted by Gasteiger charge is -2.14. The molecule has 2 N–H and O–H groups in total. The average Bonchev–Trinajstić information content (AvgIpc) is 3.38. The molecule has 150 valence electrons. The molecule has 7 heteroatoms. The highest BCUT2D eigenvalue weighted by molar-refractivity contribution is 6.00. The van der Waals surface area contributed by atoms with Crippen LogP contribution in [0.25, 0.3) is 5.65 Å². The van der Waals surface area contributed by atoms with Crippen molar-refractivity contribution < 1.29 is 14.3 Å². The number of nitrogens with one attached hydrogen (secondary N) is 2. The molecule has 1 aliphatic heterocycles. The third-order valence-corrected chi connectivity index (χ3v) is 5.22. The van der Waals surface area contributed by atoms with E-state index in [4.69, 9.17) is 4.74 Å². The van der Waals surface area contributed by atoms with E-state index in [0.717, 1.165) is 35.3 Å². The predicted octanol–water partition coefficient (Wildman–Crippen LogP) is 3.00. The molecule has 1 atom stereocenters. The largest absolute Gasteiger partial charge is 0.368 e. The minimum Gasteiger partial charge on any atom is -0.368 e. The van der Waals surface area contributed by atoms with Crippen LogP contribution in [0.15, 0.2) is 42.7 Å². The van der Waals surface area contributed by atoms with Gasteiger partial charge in [0.05, 0.1) is 12.2 Å². The van der Waals surface area contributed by atoms with Crippen molar-refractivity contribution in [1.82, 2.24) is 14.7 Å². The molecular formula is C22H24N4O3. The van der Waals surface area contributed by atoms with Gasteiger partial charge < -0.3 is 19.8 Å². The van der Waals surface area contributed by atoms with Crippen LogP contribution in [-0.2, 0) is 16.1 Å². The lowest BCUT2D eigenvalue weighted by atomic mass is 10.1. The zero-order valence-electron chi connectivity index (χ0n) is 16.6. The summed E-state index contributed by atoms with van der Waals surface area (Å²) in [4.78, 5) is 29.6. The summed E-state index contributed by atoms with van der Waals surface area (Å²) in [5, 5.41) is 5.81. The molecule has 0 unspecified atom stereocenters. The SMILES string of the molecule is Cc1c(NC(=O)[C@@H]2CCCO2)cccc1C(=O)NCc1cn2cccc(C)c2n1. The van der Waals surface area contributed by atoms with Crippen LogP contribution >= 0.6 is 0 Å². The second-order valence-electron chi connectivity index (χ2n) is 7.31. The van der Waals surface area contributed by atoms with E-state index in [1.165, 1.54) is 0 Å². The maximum Gasteiger partial charge on any atom is 0.253 e. The number of fused-ring (bicyclic) bond motifs is 1. The van der Waals surface area contributed by atoms with Gasteiger partial charge in [-0.15, -0.1) is 0 Å². The molecule has 1 saturated heterocycles. The van der Waals surface area contributed by atoms with E-state index in [0.29, 0.717) is 24.4 Å². The van der Waals surface area contributed by atoms with Gasteiger partial charge >= 0.3 is 0 Å². The van der Waals surface area contributed by atoms with E-state index in [1.54, 1.807) is 18.2 Å². The first-order valence-electron chi connectivity index (χ1n) is 9.76. The molecule has 4 rings (SSSR count). The molecule has 2 amide bonds. The number of benzene rings is 1. The Kier molecular flexibility index (Phi) is 5.31. The molecule has 29 heavy (non-hydrogen) atoms. The van der Waals surface area contributed by atoms with Crippen molar-refractivity contribution in [2.45, 2.75) is 39.3 Å². The number of imidazole rings is 1. The van der Waals surface area contributed by atoms with Gasteiger partial charge in [-0.1, -0.05) is 12.1 Å². The topological polar surface area (TPSA) is 84.7 Å². The molecule has 0 spiro atoms. The first-order chi connectivity index (χ1) is 14.0. The van der Waals surface area contributed by atoms with E-state index in [1.807, 2.05) is 42.8 Å². The molecule has 3 heterocycles. The Morgan fingerprint density at radius 1 is 1.24 bits per heavy atom. The number of aromatic nitrogens is 2. The average molecular weight is 392 g/mol. The number of aryl methyl sites for hydroxylation is 1. The number of carbonyl (C=O) groups is 2. The summed E-state index contributed by atoms with van der Waals surface area (Å²) in [6.07, 6.45) is 5.05. The molecule has 1 aliphatic rings. The second-order valence-corrected chi connectivity index (χ2v) is 7.31. The van der Waals surface area contributed by atoms with Gasteiger partial charge in [0, 0.05) is 30.3 Å². The normalized spacial score (nSPS) is 16.1. The molecule has 0 saturated carbocycles. The zero-order chi connectivity index (χ0) is 20.4. The molecular weight excluding hydrogens is 368 g/mol. The van der Waals surface area contributed by atoms with Crippen LogP contribution in [0.1, 0.15) is 40.0 Å². The molecule has 0 radical (unpaired) electrons. The third-order valence-electron chi connectivity index (χ3n) is 5.22. The number of anilines is 1. The van der Waals surface area contributed by atoms with Gasteiger partial charge in [0.2, 0.25) is 0 Å². The summed E-state index contributed by atoms with van der Waals surface area (Å²) in [7, 11) is 0. The van der Waals surface area contributed by atoms with Crippen molar-refractivity contribution in [2.24, 2.45) is 0 Å².